The molecule has 0 aliphatic carbocycles. The third-order valence-electron chi connectivity index (χ3n) is 2.81. The fourth-order valence-electron chi connectivity index (χ4n) is 1.83. The van der Waals surface area contributed by atoms with E-state index in [-0.39, 0.29) is 0 Å². The van der Waals surface area contributed by atoms with Crippen molar-refractivity contribution in [2.75, 3.05) is 0 Å². The molecule has 0 aromatic heterocycles. The molecule has 0 bridgehead atoms. The highest BCUT2D eigenvalue weighted by Crippen LogP contribution is 2.30. The molecular formula is C15H9Cl3O2. The summed E-state index contributed by atoms with van der Waals surface area (Å²) < 4.78 is 0. The number of benzene rings is 2. The van der Waals surface area contributed by atoms with Crippen LogP contribution in [0.2, 0.25) is 0 Å². The lowest BCUT2D eigenvalue weighted by molar-refractivity contribution is 0.107. The first-order valence-corrected chi connectivity index (χ1v) is 6.92. The van der Waals surface area contributed by atoms with Gasteiger partial charge in [-0.1, -0.05) is 36.4 Å². The van der Waals surface area contributed by atoms with Crippen molar-refractivity contribution in [3.8, 4) is 0 Å². The minimum atomic E-state index is -0.541. The minimum absolute atomic E-state index is 0.374. The monoisotopic (exact) mass is 326 g/mol. The zero-order valence-corrected chi connectivity index (χ0v) is 12.4. The third-order valence-corrected chi connectivity index (χ3v) is 3.75. The van der Waals surface area contributed by atoms with Crippen LogP contribution in [0, 0.1) is 0 Å². The number of alkyl halides is 1. The first kappa shape index (κ1) is 15.0. The van der Waals surface area contributed by atoms with Crippen LogP contribution in [-0.2, 0) is 0 Å². The molecule has 2 aromatic rings. The van der Waals surface area contributed by atoms with Gasteiger partial charge >= 0.3 is 0 Å². The Labute approximate surface area is 131 Å². The molecule has 2 aromatic carbocycles. The summed E-state index contributed by atoms with van der Waals surface area (Å²) in [4.78, 5) is 22.3. The van der Waals surface area contributed by atoms with E-state index in [9.17, 15) is 9.59 Å². The lowest BCUT2D eigenvalue weighted by Gasteiger charge is -2.11. The van der Waals surface area contributed by atoms with E-state index in [1.54, 1.807) is 48.5 Å². The average Bonchev–Trinajstić information content (AvgIpc) is 2.46. The summed E-state index contributed by atoms with van der Waals surface area (Å²) in [6, 6.07) is 13.5. The topological polar surface area (TPSA) is 34.1 Å². The second-order valence-corrected chi connectivity index (χ2v) is 5.28. The SMILES string of the molecule is O=C(Cl)c1cccc(C(Cl)c2cccc(C(=O)Cl)c2)c1. The molecule has 2 rings (SSSR count). The molecule has 0 saturated heterocycles. The Hall–Kier alpha value is -1.35. The van der Waals surface area contributed by atoms with Crippen molar-refractivity contribution in [3.05, 3.63) is 70.8 Å². The van der Waals surface area contributed by atoms with Crippen LogP contribution in [0.15, 0.2) is 48.5 Å². The van der Waals surface area contributed by atoms with E-state index in [0.717, 1.165) is 11.1 Å². The zero-order valence-electron chi connectivity index (χ0n) is 10.1. The second-order valence-electron chi connectivity index (χ2n) is 4.16. The van der Waals surface area contributed by atoms with E-state index in [1.807, 2.05) is 0 Å². The van der Waals surface area contributed by atoms with Gasteiger partial charge in [0.15, 0.2) is 0 Å². The van der Waals surface area contributed by atoms with E-state index in [1.165, 1.54) is 0 Å². The van der Waals surface area contributed by atoms with Gasteiger partial charge in [-0.3, -0.25) is 9.59 Å². The molecule has 0 heterocycles. The third kappa shape index (κ3) is 3.40. The number of carbonyl (C=O) groups excluding carboxylic acids is 2. The normalized spacial score (nSPS) is 10.6. The van der Waals surface area contributed by atoms with Gasteiger partial charge in [0.05, 0.1) is 5.38 Å². The number of carbonyl (C=O) groups is 2. The van der Waals surface area contributed by atoms with Crippen LogP contribution in [0.1, 0.15) is 37.2 Å². The highest BCUT2D eigenvalue weighted by molar-refractivity contribution is 6.68. The van der Waals surface area contributed by atoms with Gasteiger partial charge in [-0.2, -0.15) is 0 Å². The maximum atomic E-state index is 11.2. The Morgan fingerprint density at radius 3 is 1.55 bits per heavy atom. The molecule has 2 nitrogen and oxygen atoms in total. The Balaban J connectivity index is 2.38. The summed E-state index contributed by atoms with van der Waals surface area (Å²) >= 11 is 17.3. The molecule has 0 aliphatic rings. The van der Waals surface area contributed by atoms with Crippen LogP contribution < -0.4 is 0 Å². The van der Waals surface area contributed by atoms with Gasteiger partial charge in [-0.05, 0) is 46.5 Å². The largest absolute Gasteiger partial charge is 0.276 e. The maximum absolute atomic E-state index is 11.2. The first-order chi connectivity index (χ1) is 9.49. The Kier molecular flexibility index (Phi) is 4.81. The fourth-order valence-corrected chi connectivity index (χ4v) is 2.34. The van der Waals surface area contributed by atoms with Crippen LogP contribution in [0.3, 0.4) is 0 Å². The predicted molar refractivity (Wildman–Crippen MR) is 80.9 cm³/mol. The highest BCUT2D eigenvalue weighted by atomic mass is 35.5. The Bertz CT molecular complexity index is 610. The summed E-state index contributed by atoms with van der Waals surface area (Å²) in [7, 11) is 0. The van der Waals surface area contributed by atoms with Crippen LogP contribution in [-0.4, -0.2) is 10.5 Å². The van der Waals surface area contributed by atoms with Crippen LogP contribution in [0.4, 0.5) is 0 Å². The second kappa shape index (κ2) is 6.40. The van der Waals surface area contributed by atoms with Crippen molar-refractivity contribution in [2.24, 2.45) is 0 Å². The van der Waals surface area contributed by atoms with Gasteiger partial charge in [-0.25, -0.2) is 0 Å². The van der Waals surface area contributed by atoms with Crippen molar-refractivity contribution >= 4 is 45.3 Å². The van der Waals surface area contributed by atoms with Crippen LogP contribution in [0.5, 0.6) is 0 Å². The van der Waals surface area contributed by atoms with E-state index >= 15 is 0 Å². The van der Waals surface area contributed by atoms with Gasteiger partial charge in [0.2, 0.25) is 0 Å². The number of hydrogen-bond acceptors (Lipinski definition) is 2. The molecule has 0 amide bonds. The molecule has 0 spiro atoms. The van der Waals surface area contributed by atoms with Gasteiger partial charge in [0, 0.05) is 11.1 Å². The van der Waals surface area contributed by atoms with Gasteiger partial charge in [0.25, 0.3) is 10.5 Å². The lowest BCUT2D eigenvalue weighted by atomic mass is 10.0. The summed E-state index contributed by atoms with van der Waals surface area (Å²) in [5.74, 6) is 0. The predicted octanol–water partition coefficient (Wildman–Crippen LogP) is 4.77. The molecule has 0 saturated carbocycles. The van der Waals surface area contributed by atoms with Gasteiger partial charge in [-0.15, -0.1) is 11.6 Å². The zero-order chi connectivity index (χ0) is 14.7. The van der Waals surface area contributed by atoms with Crippen molar-refractivity contribution in [2.45, 2.75) is 5.38 Å². The average molecular weight is 328 g/mol. The molecule has 5 heteroatoms. The van der Waals surface area contributed by atoms with Crippen LogP contribution in [0.25, 0.3) is 0 Å². The molecule has 0 atom stereocenters. The molecule has 0 unspecified atom stereocenters. The summed E-state index contributed by atoms with van der Waals surface area (Å²) in [5.41, 5.74) is 2.19. The molecule has 102 valence electrons. The molecular weight excluding hydrogens is 319 g/mol. The van der Waals surface area contributed by atoms with Crippen LogP contribution >= 0.6 is 34.8 Å². The smallest absolute Gasteiger partial charge is 0.252 e. The van der Waals surface area contributed by atoms with Crippen molar-refractivity contribution in [1.82, 2.24) is 0 Å². The first-order valence-electron chi connectivity index (χ1n) is 5.72. The van der Waals surface area contributed by atoms with Gasteiger partial charge in [0.1, 0.15) is 0 Å². The number of hydrogen-bond donors (Lipinski definition) is 0. The van der Waals surface area contributed by atoms with Gasteiger partial charge < -0.3 is 0 Å². The molecule has 20 heavy (non-hydrogen) atoms. The van der Waals surface area contributed by atoms with E-state index < -0.39 is 15.9 Å². The van der Waals surface area contributed by atoms with E-state index in [2.05, 4.69) is 0 Å². The molecule has 0 N–H and O–H groups in total. The van der Waals surface area contributed by atoms with E-state index in [4.69, 9.17) is 34.8 Å². The quantitative estimate of drug-likeness (QED) is 0.598. The van der Waals surface area contributed by atoms with Crippen molar-refractivity contribution in [1.29, 1.82) is 0 Å². The molecule has 0 fully saturated rings. The van der Waals surface area contributed by atoms with Crippen molar-refractivity contribution < 1.29 is 9.59 Å². The maximum Gasteiger partial charge on any atom is 0.252 e. The number of halogens is 3. The molecule has 0 radical (unpaired) electrons. The minimum Gasteiger partial charge on any atom is -0.276 e. The Morgan fingerprint density at radius 2 is 1.20 bits per heavy atom. The summed E-state index contributed by atoms with van der Waals surface area (Å²) in [5, 5.41) is -1.58. The fraction of sp³-hybridized carbons (Fsp3) is 0.0667. The molecule has 0 aliphatic heterocycles. The summed E-state index contributed by atoms with van der Waals surface area (Å²) in [6.07, 6.45) is 0. The van der Waals surface area contributed by atoms with Crippen molar-refractivity contribution in [3.63, 3.8) is 0 Å². The lowest BCUT2D eigenvalue weighted by Crippen LogP contribution is -1.98. The van der Waals surface area contributed by atoms with E-state index in [0.29, 0.717) is 11.1 Å². The number of rotatable bonds is 4. The highest BCUT2D eigenvalue weighted by Gasteiger charge is 2.14. The Morgan fingerprint density at radius 1 is 0.800 bits per heavy atom. The summed E-state index contributed by atoms with van der Waals surface area (Å²) in [6.45, 7) is 0. The standard InChI is InChI=1S/C15H9Cl3O2/c16-13(9-3-1-5-11(7-9)14(17)19)10-4-2-6-12(8-10)15(18)20/h1-8,13H.